The van der Waals surface area contributed by atoms with E-state index < -0.39 is 0 Å². The van der Waals surface area contributed by atoms with Gasteiger partial charge in [-0.25, -0.2) is 9.37 Å². The highest BCUT2D eigenvalue weighted by Crippen LogP contribution is 2.23. The van der Waals surface area contributed by atoms with Crippen molar-refractivity contribution in [3.8, 4) is 11.4 Å². The molecule has 0 radical (unpaired) electrons. The molecule has 3 aromatic carbocycles. The summed E-state index contributed by atoms with van der Waals surface area (Å²) >= 11 is 0. The Balaban J connectivity index is 1.48. The number of rotatable bonds is 6. The second-order valence-corrected chi connectivity index (χ2v) is 9.63. The van der Waals surface area contributed by atoms with Crippen LogP contribution in [-0.2, 0) is 30.8 Å². The molecule has 1 N–H and O–H groups in total. The Labute approximate surface area is 215 Å². The van der Waals surface area contributed by atoms with Gasteiger partial charge in [-0.3, -0.25) is 19.1 Å². The van der Waals surface area contributed by atoms with Gasteiger partial charge < -0.3 is 5.32 Å². The molecule has 2 heterocycles. The van der Waals surface area contributed by atoms with Crippen molar-refractivity contribution in [2.75, 3.05) is 11.9 Å². The first kappa shape index (κ1) is 24.6. The van der Waals surface area contributed by atoms with E-state index in [1.54, 1.807) is 12.1 Å². The van der Waals surface area contributed by atoms with Gasteiger partial charge in [-0.05, 0) is 73.4 Å². The highest BCUT2D eigenvalue weighted by molar-refractivity contribution is 5.91. The van der Waals surface area contributed by atoms with E-state index in [4.69, 9.17) is 4.98 Å². The van der Waals surface area contributed by atoms with Gasteiger partial charge in [0.1, 0.15) is 18.2 Å². The molecule has 0 spiro atoms. The summed E-state index contributed by atoms with van der Waals surface area (Å²) in [7, 11) is 0. The average molecular weight is 497 g/mol. The molecule has 1 aromatic heterocycles. The van der Waals surface area contributed by atoms with Crippen LogP contribution < -0.4 is 10.9 Å². The largest absolute Gasteiger partial charge is 0.325 e. The van der Waals surface area contributed by atoms with Crippen molar-refractivity contribution in [3.63, 3.8) is 0 Å². The van der Waals surface area contributed by atoms with Crippen LogP contribution in [0.15, 0.2) is 77.6 Å². The molecule has 6 nitrogen and oxygen atoms in total. The molecule has 188 valence electrons. The number of anilines is 1. The van der Waals surface area contributed by atoms with Crippen LogP contribution in [-0.4, -0.2) is 26.9 Å². The Hall–Kier alpha value is -4.10. The maximum absolute atomic E-state index is 13.7. The number of carbonyl (C=O) groups excluding carboxylic acids is 1. The number of hydrogen-bond donors (Lipinski definition) is 1. The standard InChI is InChI=1S/C30H29FN4O2/c1-20-14-21(2)16-25(15-20)32-28(36)19-35-29(23-8-10-24(31)11-9-23)33-27-18-34(13-12-26(27)30(35)37)17-22-6-4-3-5-7-22/h3-11,14-16H,12-13,17-19H2,1-2H3,(H,32,36). The molecule has 1 amide bonds. The third-order valence-electron chi connectivity index (χ3n) is 6.56. The highest BCUT2D eigenvalue weighted by Gasteiger charge is 2.25. The quantitative estimate of drug-likeness (QED) is 0.414. The molecule has 1 aliphatic heterocycles. The number of aromatic nitrogens is 2. The van der Waals surface area contributed by atoms with Crippen molar-refractivity contribution in [1.82, 2.24) is 14.5 Å². The van der Waals surface area contributed by atoms with Crippen LogP contribution >= 0.6 is 0 Å². The van der Waals surface area contributed by atoms with E-state index in [0.29, 0.717) is 41.3 Å². The van der Waals surface area contributed by atoms with Gasteiger partial charge in [0.05, 0.1) is 5.69 Å². The predicted octanol–water partition coefficient (Wildman–Crippen LogP) is 4.86. The summed E-state index contributed by atoms with van der Waals surface area (Å²) in [6, 6.07) is 21.8. The molecular formula is C30H29FN4O2. The van der Waals surface area contributed by atoms with Gasteiger partial charge in [0.15, 0.2) is 0 Å². The zero-order valence-electron chi connectivity index (χ0n) is 21.0. The lowest BCUT2D eigenvalue weighted by Gasteiger charge is -2.29. The van der Waals surface area contributed by atoms with Gasteiger partial charge >= 0.3 is 0 Å². The maximum atomic E-state index is 13.7. The monoisotopic (exact) mass is 496 g/mol. The summed E-state index contributed by atoms with van der Waals surface area (Å²) in [6.07, 6.45) is 0.552. The summed E-state index contributed by atoms with van der Waals surface area (Å²) in [5.74, 6) is -0.336. The number of carbonyl (C=O) groups is 1. The number of nitrogens with zero attached hydrogens (tertiary/aromatic N) is 3. The van der Waals surface area contributed by atoms with E-state index in [9.17, 15) is 14.0 Å². The fraction of sp³-hybridized carbons (Fsp3) is 0.233. The molecule has 0 saturated heterocycles. The van der Waals surface area contributed by atoms with Gasteiger partial charge in [-0.15, -0.1) is 0 Å². The van der Waals surface area contributed by atoms with E-state index in [1.165, 1.54) is 22.3 Å². The van der Waals surface area contributed by atoms with E-state index >= 15 is 0 Å². The molecule has 4 aromatic rings. The van der Waals surface area contributed by atoms with E-state index in [-0.39, 0.29) is 23.8 Å². The smallest absolute Gasteiger partial charge is 0.257 e. The minimum absolute atomic E-state index is 0.188. The Morgan fingerprint density at radius 1 is 1.00 bits per heavy atom. The summed E-state index contributed by atoms with van der Waals surface area (Å²) < 4.78 is 15.1. The van der Waals surface area contributed by atoms with Crippen LogP contribution in [0.25, 0.3) is 11.4 Å². The number of nitrogens with one attached hydrogen (secondary N) is 1. The summed E-state index contributed by atoms with van der Waals surface area (Å²) in [4.78, 5) is 33.9. The predicted molar refractivity (Wildman–Crippen MR) is 143 cm³/mol. The number of amides is 1. The van der Waals surface area contributed by atoms with Crippen LogP contribution in [0.4, 0.5) is 10.1 Å². The lowest BCUT2D eigenvalue weighted by Crippen LogP contribution is -2.39. The van der Waals surface area contributed by atoms with Gasteiger partial charge in [0.2, 0.25) is 5.91 Å². The van der Waals surface area contributed by atoms with E-state index in [0.717, 1.165) is 24.2 Å². The zero-order chi connectivity index (χ0) is 25.9. The van der Waals surface area contributed by atoms with Crippen molar-refractivity contribution in [3.05, 3.63) is 117 Å². The van der Waals surface area contributed by atoms with Crippen LogP contribution in [0.3, 0.4) is 0 Å². The van der Waals surface area contributed by atoms with Gasteiger partial charge in [0.25, 0.3) is 5.56 Å². The number of benzene rings is 3. The Bertz CT molecular complexity index is 1480. The lowest BCUT2D eigenvalue weighted by molar-refractivity contribution is -0.116. The second-order valence-electron chi connectivity index (χ2n) is 9.63. The van der Waals surface area contributed by atoms with Crippen molar-refractivity contribution >= 4 is 11.6 Å². The first-order valence-electron chi connectivity index (χ1n) is 12.4. The molecule has 37 heavy (non-hydrogen) atoms. The number of aryl methyl sites for hydroxylation is 2. The van der Waals surface area contributed by atoms with Crippen LogP contribution in [0.1, 0.15) is 27.9 Å². The second kappa shape index (κ2) is 10.5. The Morgan fingerprint density at radius 3 is 2.41 bits per heavy atom. The molecule has 5 rings (SSSR count). The fourth-order valence-electron chi connectivity index (χ4n) is 4.91. The van der Waals surface area contributed by atoms with Crippen LogP contribution in [0, 0.1) is 19.7 Å². The van der Waals surface area contributed by atoms with E-state index in [2.05, 4.69) is 22.3 Å². The zero-order valence-corrected chi connectivity index (χ0v) is 21.0. The Kier molecular flexibility index (Phi) is 6.97. The summed E-state index contributed by atoms with van der Waals surface area (Å²) in [5, 5.41) is 2.91. The first-order valence-corrected chi connectivity index (χ1v) is 12.4. The number of halogens is 1. The van der Waals surface area contributed by atoms with Gasteiger partial charge in [0, 0.05) is 36.4 Å². The van der Waals surface area contributed by atoms with Crippen molar-refractivity contribution in [2.45, 2.75) is 39.9 Å². The molecule has 0 bridgehead atoms. The minimum atomic E-state index is -0.378. The topological polar surface area (TPSA) is 67.2 Å². The molecule has 7 heteroatoms. The minimum Gasteiger partial charge on any atom is -0.325 e. The molecule has 1 aliphatic rings. The highest BCUT2D eigenvalue weighted by atomic mass is 19.1. The van der Waals surface area contributed by atoms with Crippen molar-refractivity contribution < 1.29 is 9.18 Å². The van der Waals surface area contributed by atoms with Crippen LogP contribution in [0.5, 0.6) is 0 Å². The number of fused-ring (bicyclic) bond motifs is 1. The van der Waals surface area contributed by atoms with Gasteiger partial charge in [-0.1, -0.05) is 36.4 Å². The first-order chi connectivity index (χ1) is 17.9. The molecule has 0 unspecified atom stereocenters. The van der Waals surface area contributed by atoms with Crippen molar-refractivity contribution in [1.29, 1.82) is 0 Å². The third kappa shape index (κ3) is 5.67. The summed E-state index contributed by atoms with van der Waals surface area (Å²) in [5.41, 5.74) is 5.65. The van der Waals surface area contributed by atoms with Gasteiger partial charge in [-0.2, -0.15) is 0 Å². The third-order valence-corrected chi connectivity index (χ3v) is 6.56. The number of hydrogen-bond acceptors (Lipinski definition) is 4. The SMILES string of the molecule is Cc1cc(C)cc(NC(=O)Cn2c(-c3ccc(F)cc3)nc3c(c2=O)CCN(Cc2ccccc2)C3)c1. The lowest BCUT2D eigenvalue weighted by atomic mass is 10.0. The fourth-order valence-corrected chi connectivity index (χ4v) is 4.91. The Morgan fingerprint density at radius 2 is 1.70 bits per heavy atom. The molecule has 0 saturated carbocycles. The molecule has 0 atom stereocenters. The molecule has 0 aliphatic carbocycles. The maximum Gasteiger partial charge on any atom is 0.257 e. The van der Waals surface area contributed by atoms with Crippen LogP contribution in [0.2, 0.25) is 0 Å². The summed E-state index contributed by atoms with van der Waals surface area (Å²) in [6.45, 7) is 5.76. The van der Waals surface area contributed by atoms with Crippen molar-refractivity contribution in [2.24, 2.45) is 0 Å². The van der Waals surface area contributed by atoms with E-state index in [1.807, 2.05) is 50.2 Å². The molecule has 0 fully saturated rings. The normalized spacial score (nSPS) is 13.3. The average Bonchev–Trinajstić information content (AvgIpc) is 2.86. The molecular weight excluding hydrogens is 467 g/mol.